The predicted molar refractivity (Wildman–Crippen MR) is 106 cm³/mol. The van der Waals surface area contributed by atoms with Gasteiger partial charge >= 0.3 is 5.97 Å². The van der Waals surface area contributed by atoms with Crippen LogP contribution in [0.2, 0.25) is 0 Å². The topological polar surface area (TPSA) is 73.9 Å². The van der Waals surface area contributed by atoms with Gasteiger partial charge in [-0.1, -0.05) is 12.1 Å². The summed E-state index contributed by atoms with van der Waals surface area (Å²) in [6.07, 6.45) is 1.87. The third kappa shape index (κ3) is 9.78. The number of hydrogen-bond acceptors (Lipinski definition) is 6. The van der Waals surface area contributed by atoms with Gasteiger partial charge in [0.05, 0.1) is 29.9 Å². The SMILES string of the molecule is CC(=O)OCCCCSc1cccc(C#N)c1.N#Cc1cccc(S)c1. The number of carbonyl (C=O) groups excluding carboxylic acids is 1. The molecule has 26 heavy (non-hydrogen) atoms. The van der Waals surface area contributed by atoms with Crippen LogP contribution < -0.4 is 0 Å². The highest BCUT2D eigenvalue weighted by atomic mass is 32.2. The highest BCUT2D eigenvalue weighted by Crippen LogP contribution is 2.20. The molecule has 0 spiro atoms. The molecule has 6 heteroatoms. The van der Waals surface area contributed by atoms with Crippen LogP contribution in [0.25, 0.3) is 0 Å². The Labute approximate surface area is 164 Å². The Morgan fingerprint density at radius 3 is 2.31 bits per heavy atom. The largest absolute Gasteiger partial charge is 0.466 e. The average molecular weight is 385 g/mol. The fourth-order valence-corrected chi connectivity index (χ4v) is 3.04. The number of carbonyl (C=O) groups is 1. The van der Waals surface area contributed by atoms with E-state index in [1.807, 2.05) is 30.3 Å². The van der Waals surface area contributed by atoms with Crippen LogP contribution in [0.1, 0.15) is 30.9 Å². The molecule has 0 bridgehead atoms. The molecule has 134 valence electrons. The zero-order valence-electron chi connectivity index (χ0n) is 14.5. The third-order valence-corrected chi connectivity index (χ3v) is 4.41. The highest BCUT2D eigenvalue weighted by Gasteiger charge is 1.97. The standard InChI is InChI=1S/C13H15NO2S.C7H5NS/c1-11(15)16-7-2-3-8-17-13-6-4-5-12(9-13)10-14;8-5-6-2-1-3-7(9)4-6/h4-6,9H,2-3,7-8H2,1H3;1-4,9H. The van der Waals surface area contributed by atoms with Crippen LogP contribution in [0.15, 0.2) is 58.3 Å². The molecule has 2 aromatic carbocycles. The Balaban J connectivity index is 0.000000314. The first-order chi connectivity index (χ1) is 12.5. The number of nitriles is 2. The molecule has 0 aliphatic carbocycles. The molecule has 0 radical (unpaired) electrons. The van der Waals surface area contributed by atoms with Crippen molar-refractivity contribution in [2.24, 2.45) is 0 Å². The van der Waals surface area contributed by atoms with Crippen molar-refractivity contribution in [2.45, 2.75) is 29.6 Å². The Morgan fingerprint density at radius 2 is 1.73 bits per heavy atom. The van der Waals surface area contributed by atoms with Crippen LogP contribution in [0.5, 0.6) is 0 Å². The minimum absolute atomic E-state index is 0.223. The number of thiol groups is 1. The molecule has 0 amide bonds. The second-order valence-electron chi connectivity index (χ2n) is 5.20. The predicted octanol–water partition coefficient (Wildman–Crippen LogP) is 4.84. The lowest BCUT2D eigenvalue weighted by molar-refractivity contribution is -0.141. The summed E-state index contributed by atoms with van der Waals surface area (Å²) in [5.74, 6) is 0.746. The molecular formula is C20H20N2O2S2. The van der Waals surface area contributed by atoms with Gasteiger partial charge in [-0.3, -0.25) is 4.79 Å². The van der Waals surface area contributed by atoms with E-state index in [0.29, 0.717) is 17.7 Å². The zero-order chi connectivity index (χ0) is 19.2. The van der Waals surface area contributed by atoms with Gasteiger partial charge < -0.3 is 4.74 Å². The molecule has 0 saturated carbocycles. The Bertz CT molecular complexity index is 795. The third-order valence-electron chi connectivity index (χ3n) is 3.05. The molecule has 0 N–H and O–H groups in total. The van der Waals surface area contributed by atoms with Gasteiger partial charge in [-0.25, -0.2) is 0 Å². The number of esters is 1. The monoisotopic (exact) mass is 384 g/mol. The van der Waals surface area contributed by atoms with Crippen molar-refractivity contribution in [3.8, 4) is 12.1 Å². The van der Waals surface area contributed by atoms with E-state index in [1.54, 1.807) is 36.0 Å². The Kier molecular flexibility index (Phi) is 10.7. The van der Waals surface area contributed by atoms with Gasteiger partial charge in [0.15, 0.2) is 0 Å². The number of ether oxygens (including phenoxy) is 1. The summed E-state index contributed by atoms with van der Waals surface area (Å²) in [5.41, 5.74) is 1.34. The fraction of sp³-hybridized carbons (Fsp3) is 0.250. The maximum atomic E-state index is 10.5. The van der Waals surface area contributed by atoms with Crippen LogP contribution in [0, 0.1) is 22.7 Å². The van der Waals surface area contributed by atoms with Crippen LogP contribution in [-0.4, -0.2) is 18.3 Å². The van der Waals surface area contributed by atoms with E-state index in [9.17, 15) is 4.79 Å². The molecule has 2 rings (SSSR count). The summed E-state index contributed by atoms with van der Waals surface area (Å²) in [7, 11) is 0. The summed E-state index contributed by atoms with van der Waals surface area (Å²) in [6.45, 7) is 1.91. The van der Waals surface area contributed by atoms with Crippen LogP contribution >= 0.6 is 24.4 Å². The summed E-state index contributed by atoms with van der Waals surface area (Å²) in [6, 6.07) is 18.8. The number of nitrogens with zero attached hydrogens (tertiary/aromatic N) is 2. The van der Waals surface area contributed by atoms with Crippen molar-refractivity contribution in [3.05, 3.63) is 59.7 Å². The Hall–Kier alpha value is -2.41. The van der Waals surface area contributed by atoms with E-state index in [-0.39, 0.29) is 5.97 Å². The quantitative estimate of drug-likeness (QED) is 0.334. The first-order valence-electron chi connectivity index (χ1n) is 8.00. The fourth-order valence-electron chi connectivity index (χ4n) is 1.84. The molecule has 0 aliphatic rings. The number of rotatable bonds is 6. The second-order valence-corrected chi connectivity index (χ2v) is 6.88. The van der Waals surface area contributed by atoms with Gasteiger partial charge in [-0.2, -0.15) is 10.5 Å². The van der Waals surface area contributed by atoms with Gasteiger partial charge in [0.2, 0.25) is 0 Å². The summed E-state index contributed by atoms with van der Waals surface area (Å²) < 4.78 is 4.84. The van der Waals surface area contributed by atoms with Gasteiger partial charge in [-0.15, -0.1) is 24.4 Å². The van der Waals surface area contributed by atoms with E-state index < -0.39 is 0 Å². The molecule has 0 unspecified atom stereocenters. The maximum absolute atomic E-state index is 10.5. The summed E-state index contributed by atoms with van der Waals surface area (Å²) in [5, 5.41) is 17.1. The van der Waals surface area contributed by atoms with Gasteiger partial charge in [0.25, 0.3) is 0 Å². The molecule has 0 saturated heterocycles. The lowest BCUT2D eigenvalue weighted by Crippen LogP contribution is -2.00. The maximum Gasteiger partial charge on any atom is 0.302 e. The van der Waals surface area contributed by atoms with E-state index in [4.69, 9.17) is 15.3 Å². The lowest BCUT2D eigenvalue weighted by atomic mass is 10.2. The first kappa shape index (κ1) is 21.6. The lowest BCUT2D eigenvalue weighted by Gasteiger charge is -2.03. The summed E-state index contributed by atoms with van der Waals surface area (Å²) in [4.78, 5) is 12.4. The molecule has 0 atom stereocenters. The van der Waals surface area contributed by atoms with E-state index in [2.05, 4.69) is 18.7 Å². The van der Waals surface area contributed by atoms with Gasteiger partial charge in [-0.05, 0) is 55.0 Å². The molecular weight excluding hydrogens is 364 g/mol. The van der Waals surface area contributed by atoms with Crippen LogP contribution in [0.4, 0.5) is 0 Å². The number of benzene rings is 2. The van der Waals surface area contributed by atoms with E-state index in [0.717, 1.165) is 28.4 Å². The zero-order valence-corrected chi connectivity index (χ0v) is 16.2. The molecule has 2 aromatic rings. The van der Waals surface area contributed by atoms with Crippen LogP contribution in [-0.2, 0) is 9.53 Å². The van der Waals surface area contributed by atoms with Gasteiger partial charge in [0, 0.05) is 16.7 Å². The smallest absolute Gasteiger partial charge is 0.302 e. The van der Waals surface area contributed by atoms with Gasteiger partial charge in [0.1, 0.15) is 0 Å². The molecule has 0 aromatic heterocycles. The van der Waals surface area contributed by atoms with Crippen molar-refractivity contribution in [1.82, 2.24) is 0 Å². The van der Waals surface area contributed by atoms with E-state index >= 15 is 0 Å². The molecule has 0 aliphatic heterocycles. The summed E-state index contributed by atoms with van der Waals surface area (Å²) >= 11 is 5.77. The average Bonchev–Trinajstić information content (AvgIpc) is 2.65. The highest BCUT2D eigenvalue weighted by molar-refractivity contribution is 7.99. The minimum atomic E-state index is -0.223. The Morgan fingerprint density at radius 1 is 1.08 bits per heavy atom. The normalized spacial score (nSPS) is 9.23. The number of thioether (sulfide) groups is 1. The second kappa shape index (κ2) is 12.9. The van der Waals surface area contributed by atoms with Crippen molar-refractivity contribution in [1.29, 1.82) is 10.5 Å². The van der Waals surface area contributed by atoms with E-state index in [1.165, 1.54) is 6.92 Å². The molecule has 0 fully saturated rings. The van der Waals surface area contributed by atoms with Crippen molar-refractivity contribution in [3.63, 3.8) is 0 Å². The van der Waals surface area contributed by atoms with Crippen molar-refractivity contribution >= 4 is 30.4 Å². The first-order valence-corrected chi connectivity index (χ1v) is 9.44. The molecule has 0 heterocycles. The number of unbranched alkanes of at least 4 members (excludes halogenated alkanes) is 1. The molecule has 4 nitrogen and oxygen atoms in total. The van der Waals surface area contributed by atoms with Crippen LogP contribution in [0.3, 0.4) is 0 Å². The minimum Gasteiger partial charge on any atom is -0.466 e. The van der Waals surface area contributed by atoms with Crippen molar-refractivity contribution < 1.29 is 9.53 Å². The number of hydrogen-bond donors (Lipinski definition) is 1. The van der Waals surface area contributed by atoms with Crippen molar-refractivity contribution in [2.75, 3.05) is 12.4 Å².